The van der Waals surface area contributed by atoms with E-state index in [1.165, 1.54) is 7.11 Å². The Balaban J connectivity index is 2.06. The summed E-state index contributed by atoms with van der Waals surface area (Å²) in [5, 5.41) is 46.5. The molecule has 0 saturated heterocycles. The number of ether oxygens (including phenoxy) is 1. The molecule has 0 saturated carbocycles. The minimum absolute atomic E-state index is 0.492. The van der Waals surface area contributed by atoms with Crippen molar-refractivity contribution in [2.45, 2.75) is 19.1 Å². The van der Waals surface area contributed by atoms with E-state index in [-0.39, 0.29) is 0 Å². The van der Waals surface area contributed by atoms with E-state index in [0.717, 1.165) is 5.56 Å². The second-order valence-corrected chi connectivity index (χ2v) is 7.45. The molecule has 0 aliphatic carbocycles. The van der Waals surface area contributed by atoms with Gasteiger partial charge in [0.15, 0.2) is 5.78 Å². The van der Waals surface area contributed by atoms with Crippen LogP contribution in [-0.4, -0.2) is 39.1 Å². The number of aliphatic hydroxyl groups excluding tert-OH is 1. The average molecular weight is 467 g/mol. The first-order valence-electron chi connectivity index (χ1n) is 9.97. The number of Topliss-reactive ketones (excluding diaryl/α,β-unsaturated/α-hetero) is 1. The fraction of sp³-hybridized carbons (Fsp3) is 0.174. The van der Waals surface area contributed by atoms with Crippen LogP contribution in [0.3, 0.4) is 0 Å². The molecule has 2 atom stereocenters. The Morgan fingerprint density at radius 1 is 1.00 bits per heavy atom. The summed E-state index contributed by atoms with van der Waals surface area (Å²) in [6.45, 7) is 1.86. The van der Waals surface area contributed by atoms with Crippen molar-refractivity contribution < 1.29 is 29.6 Å². The van der Waals surface area contributed by atoms with Crippen LogP contribution in [0, 0.1) is 27.2 Å². The highest BCUT2D eigenvalue weighted by molar-refractivity contribution is 6.01. The predicted octanol–water partition coefficient (Wildman–Crippen LogP) is 3.92. The van der Waals surface area contributed by atoms with E-state index in [4.69, 9.17) is 4.74 Å². The highest BCUT2D eigenvalue weighted by Gasteiger charge is 2.33. The molecule has 176 valence electrons. The third-order valence-electron chi connectivity index (χ3n) is 5.15. The number of anilines is 1. The maximum Gasteiger partial charge on any atom is 0.318 e. The summed E-state index contributed by atoms with van der Waals surface area (Å²) in [5.41, 5.74) is -0.520. The molecule has 0 fully saturated rings. The lowest BCUT2D eigenvalue weighted by molar-refractivity contribution is -0.396. The number of aryl methyl sites for hydroxylation is 1. The van der Waals surface area contributed by atoms with Crippen LogP contribution in [-0.2, 0) is 0 Å². The molecular weight excluding hydrogens is 446 g/mol. The van der Waals surface area contributed by atoms with Crippen LogP contribution in [0.1, 0.15) is 27.5 Å². The number of phenols is 1. The third kappa shape index (κ3) is 5.10. The molecule has 0 amide bonds. The molecule has 0 spiro atoms. The van der Waals surface area contributed by atoms with Gasteiger partial charge in [0, 0.05) is 23.4 Å². The zero-order chi connectivity index (χ0) is 25.0. The van der Waals surface area contributed by atoms with Crippen LogP contribution in [0.25, 0.3) is 0 Å². The topological polar surface area (TPSA) is 165 Å². The van der Waals surface area contributed by atoms with Crippen LogP contribution in [0.4, 0.5) is 17.1 Å². The monoisotopic (exact) mass is 467 g/mol. The number of aromatic hydroxyl groups is 1. The SMILES string of the molecule is COc1ccc(C(Nc2cccc(C)c2)C(O)C(=O)c2cc([N+](=O)[O-])c(O)c([N+](=O)[O-])c2)cc1. The molecule has 2 unspecified atom stereocenters. The molecular formula is C23H21N3O8. The van der Waals surface area contributed by atoms with E-state index in [1.54, 1.807) is 42.5 Å². The number of nitrogens with zero attached hydrogens (tertiary/aromatic N) is 2. The number of phenolic OH excluding ortho intramolecular Hbond substituents is 1. The van der Waals surface area contributed by atoms with E-state index in [1.807, 2.05) is 13.0 Å². The number of carbonyl (C=O) groups excluding carboxylic acids is 1. The Labute approximate surface area is 193 Å². The van der Waals surface area contributed by atoms with Crippen molar-refractivity contribution in [3.05, 3.63) is 97.6 Å². The molecule has 11 nitrogen and oxygen atoms in total. The number of ketones is 1. The Hall–Kier alpha value is -4.51. The van der Waals surface area contributed by atoms with Crippen molar-refractivity contribution in [3.63, 3.8) is 0 Å². The lowest BCUT2D eigenvalue weighted by Crippen LogP contribution is -2.33. The van der Waals surface area contributed by atoms with E-state index in [9.17, 15) is 35.2 Å². The molecule has 0 aliphatic heterocycles. The van der Waals surface area contributed by atoms with Gasteiger partial charge in [-0.05, 0) is 42.3 Å². The summed E-state index contributed by atoms with van der Waals surface area (Å²) in [6.07, 6.45) is -1.79. The van der Waals surface area contributed by atoms with Crippen LogP contribution < -0.4 is 10.1 Å². The molecule has 0 heterocycles. The number of carbonyl (C=O) groups is 1. The fourth-order valence-corrected chi connectivity index (χ4v) is 3.42. The van der Waals surface area contributed by atoms with Crippen molar-refractivity contribution in [1.29, 1.82) is 0 Å². The zero-order valence-electron chi connectivity index (χ0n) is 18.2. The molecule has 34 heavy (non-hydrogen) atoms. The van der Waals surface area contributed by atoms with Crippen molar-refractivity contribution in [2.24, 2.45) is 0 Å². The highest BCUT2D eigenvalue weighted by Crippen LogP contribution is 2.37. The highest BCUT2D eigenvalue weighted by atomic mass is 16.6. The number of nitrogens with one attached hydrogen (secondary N) is 1. The quantitative estimate of drug-likeness (QED) is 0.240. The summed E-state index contributed by atoms with van der Waals surface area (Å²) >= 11 is 0. The fourth-order valence-electron chi connectivity index (χ4n) is 3.42. The lowest BCUT2D eigenvalue weighted by atomic mass is 9.93. The first-order valence-corrected chi connectivity index (χ1v) is 9.97. The number of methoxy groups -OCH3 is 1. The van der Waals surface area contributed by atoms with Gasteiger partial charge >= 0.3 is 11.4 Å². The van der Waals surface area contributed by atoms with Gasteiger partial charge in [-0.3, -0.25) is 25.0 Å². The molecule has 0 aliphatic rings. The van der Waals surface area contributed by atoms with Gasteiger partial charge in [-0.25, -0.2) is 0 Å². The van der Waals surface area contributed by atoms with Crippen molar-refractivity contribution in [1.82, 2.24) is 0 Å². The maximum absolute atomic E-state index is 13.2. The zero-order valence-corrected chi connectivity index (χ0v) is 18.2. The molecule has 3 N–H and O–H groups in total. The van der Waals surface area contributed by atoms with E-state index in [2.05, 4.69) is 5.32 Å². The van der Waals surface area contributed by atoms with Crippen LogP contribution >= 0.6 is 0 Å². The summed E-state index contributed by atoms with van der Waals surface area (Å²) < 4.78 is 5.14. The number of aliphatic hydroxyl groups is 1. The van der Waals surface area contributed by atoms with Gasteiger partial charge in [-0.1, -0.05) is 24.3 Å². The normalized spacial score (nSPS) is 12.4. The summed E-state index contributed by atoms with van der Waals surface area (Å²) in [6, 6.07) is 14.1. The van der Waals surface area contributed by atoms with E-state index in [0.29, 0.717) is 29.1 Å². The Kier molecular flexibility index (Phi) is 7.07. The number of nitro benzene ring substituents is 2. The number of nitro groups is 2. The Morgan fingerprint density at radius 2 is 1.59 bits per heavy atom. The first kappa shape index (κ1) is 24.1. The van der Waals surface area contributed by atoms with Crippen molar-refractivity contribution >= 4 is 22.8 Å². The molecule has 0 aromatic heterocycles. The Morgan fingerprint density at radius 3 is 2.09 bits per heavy atom. The lowest BCUT2D eigenvalue weighted by Gasteiger charge is -2.25. The maximum atomic E-state index is 13.2. The largest absolute Gasteiger partial charge is 0.497 e. The van der Waals surface area contributed by atoms with Gasteiger partial charge in [0.1, 0.15) is 11.9 Å². The van der Waals surface area contributed by atoms with Crippen LogP contribution in [0.2, 0.25) is 0 Å². The van der Waals surface area contributed by atoms with Gasteiger partial charge in [-0.2, -0.15) is 0 Å². The molecule has 3 aromatic carbocycles. The van der Waals surface area contributed by atoms with Gasteiger partial charge < -0.3 is 20.3 Å². The summed E-state index contributed by atoms with van der Waals surface area (Å²) in [5.74, 6) is -1.64. The number of hydrogen-bond acceptors (Lipinski definition) is 9. The van der Waals surface area contributed by atoms with Crippen LogP contribution in [0.15, 0.2) is 60.7 Å². The first-order chi connectivity index (χ1) is 16.1. The van der Waals surface area contributed by atoms with Crippen LogP contribution in [0.5, 0.6) is 11.5 Å². The molecule has 0 radical (unpaired) electrons. The van der Waals surface area contributed by atoms with Gasteiger partial charge in [0.25, 0.3) is 5.75 Å². The standard InChI is InChI=1S/C23H21N3O8/c1-13-4-3-5-16(10-13)24-20(14-6-8-17(34-2)9-7-14)23(29)21(27)15-11-18(25(30)31)22(28)19(12-15)26(32)33/h3-12,20,23-24,28-29H,1-2H3. The smallest absolute Gasteiger partial charge is 0.318 e. The molecule has 0 bridgehead atoms. The second kappa shape index (κ2) is 9.96. The third-order valence-corrected chi connectivity index (χ3v) is 5.15. The second-order valence-electron chi connectivity index (χ2n) is 7.45. The number of hydrogen-bond donors (Lipinski definition) is 3. The number of benzene rings is 3. The molecule has 11 heteroatoms. The van der Waals surface area contributed by atoms with Gasteiger partial charge in [0.05, 0.1) is 23.0 Å². The molecule has 3 aromatic rings. The van der Waals surface area contributed by atoms with E-state index >= 15 is 0 Å². The number of rotatable bonds is 9. The average Bonchev–Trinajstić information content (AvgIpc) is 2.81. The van der Waals surface area contributed by atoms with Gasteiger partial charge in [0.2, 0.25) is 0 Å². The van der Waals surface area contributed by atoms with E-state index < -0.39 is 50.5 Å². The van der Waals surface area contributed by atoms with Gasteiger partial charge in [-0.15, -0.1) is 0 Å². The van der Waals surface area contributed by atoms with Crippen molar-refractivity contribution in [3.8, 4) is 11.5 Å². The minimum Gasteiger partial charge on any atom is -0.497 e. The van der Waals surface area contributed by atoms with Crippen molar-refractivity contribution in [2.75, 3.05) is 12.4 Å². The predicted molar refractivity (Wildman–Crippen MR) is 122 cm³/mol. The summed E-state index contributed by atoms with van der Waals surface area (Å²) in [4.78, 5) is 33.6. The molecule has 3 rings (SSSR count). The Bertz CT molecular complexity index is 1210. The summed E-state index contributed by atoms with van der Waals surface area (Å²) in [7, 11) is 1.49. The minimum atomic E-state index is -1.79.